The number of rotatable bonds is 0. The van der Waals surface area contributed by atoms with Gasteiger partial charge >= 0.3 is 0 Å². The molecule has 16 rings (SSSR count). The van der Waals surface area contributed by atoms with Crippen molar-refractivity contribution in [3.8, 4) is 0 Å². The van der Waals surface area contributed by atoms with E-state index >= 15 is 0 Å². The Kier molecular flexibility index (Phi) is 71.9. The minimum Gasteiger partial charge on any atom is -0.501 e. The molecular weight excluding hydrogens is 1190 g/mol. The van der Waals surface area contributed by atoms with Crippen LogP contribution in [0.4, 0.5) is 0 Å². The monoisotopic (exact) mass is 1310 g/mol. The second-order valence-corrected chi connectivity index (χ2v) is 22.4. The SMILES string of the molecule is C1=CCNC1.C1=CCNC=C1.C1=CCNCC1.C1=CCNCCC1.C1=CCOC1.C1=CCOC=C1.C1=CCSC1.C1=CNC=CC1.C1=CNC=CC1.C1=CNCC1.C1=CNCCC1.C1=COC=CNC1.C1=COCC1.C1=COCC1.C1=CSCCC1.C1=NCSC1. The van der Waals surface area contributed by atoms with Crippen molar-refractivity contribution >= 4 is 41.5 Å². The summed E-state index contributed by atoms with van der Waals surface area (Å²) in [7, 11) is 0. The zero-order chi connectivity index (χ0) is 64.3. The third kappa shape index (κ3) is 77.5. The van der Waals surface area contributed by atoms with Crippen molar-refractivity contribution in [3.63, 3.8) is 0 Å². The number of nitrogens with zero attached hydrogens (tertiary/aromatic N) is 1. The Morgan fingerprint density at radius 2 is 0.956 bits per heavy atom. The van der Waals surface area contributed by atoms with Crippen molar-refractivity contribution in [2.45, 2.75) is 77.0 Å². The summed E-state index contributed by atoms with van der Waals surface area (Å²) in [6.07, 6.45) is 94.4. The molecule has 0 aliphatic carbocycles. The van der Waals surface area contributed by atoms with Gasteiger partial charge in [0.05, 0.1) is 57.4 Å². The van der Waals surface area contributed by atoms with E-state index in [1.165, 1.54) is 75.2 Å². The van der Waals surface area contributed by atoms with Crippen molar-refractivity contribution in [3.05, 3.63) is 244 Å². The van der Waals surface area contributed by atoms with E-state index in [2.05, 4.69) is 155 Å². The van der Waals surface area contributed by atoms with Crippen LogP contribution in [0.3, 0.4) is 0 Å². The minimum absolute atomic E-state index is 0.733. The van der Waals surface area contributed by atoms with Crippen LogP contribution in [0.25, 0.3) is 0 Å². The van der Waals surface area contributed by atoms with Crippen LogP contribution in [0.5, 0.6) is 0 Å². The van der Waals surface area contributed by atoms with Gasteiger partial charge in [-0.25, -0.2) is 0 Å². The number of hydrogen-bond acceptors (Lipinski definition) is 18. The van der Waals surface area contributed by atoms with Gasteiger partial charge in [0.25, 0.3) is 0 Å². The molecule has 504 valence electrons. The third-order valence-electron chi connectivity index (χ3n) is 11.5. The molecule has 16 heterocycles. The number of dihydropyridines is 3. The Morgan fingerprint density at radius 1 is 0.341 bits per heavy atom. The van der Waals surface area contributed by atoms with E-state index in [9.17, 15) is 0 Å². The lowest BCUT2D eigenvalue weighted by Gasteiger charge is -2.02. The van der Waals surface area contributed by atoms with Gasteiger partial charge in [0, 0.05) is 94.9 Å². The molecular formula is C73H114N10O5S3. The van der Waals surface area contributed by atoms with Gasteiger partial charge in [-0.05, 0) is 168 Å². The van der Waals surface area contributed by atoms with Crippen LogP contribution in [0, 0.1) is 0 Å². The van der Waals surface area contributed by atoms with Gasteiger partial charge in [0.2, 0.25) is 0 Å². The highest BCUT2D eigenvalue weighted by Crippen LogP contribution is 2.12. The van der Waals surface area contributed by atoms with Crippen molar-refractivity contribution in [1.29, 1.82) is 0 Å². The first kappa shape index (κ1) is 82.4. The lowest BCUT2D eigenvalue weighted by atomic mass is 10.2. The summed E-state index contributed by atoms with van der Waals surface area (Å²) in [6, 6.07) is 0. The molecule has 0 saturated carbocycles. The summed E-state index contributed by atoms with van der Waals surface area (Å²) in [5.74, 6) is 5.91. The largest absolute Gasteiger partial charge is 0.501 e. The quantitative estimate of drug-likeness (QED) is 0.105. The molecule has 15 nitrogen and oxygen atoms in total. The molecule has 16 aliphatic heterocycles. The fourth-order valence-corrected chi connectivity index (χ4v) is 8.71. The molecule has 0 saturated heterocycles. The highest BCUT2D eigenvalue weighted by molar-refractivity contribution is 8.02. The number of ether oxygens (including phenoxy) is 5. The summed E-state index contributed by atoms with van der Waals surface area (Å²) in [6.45, 7) is 14.9. The molecule has 91 heavy (non-hydrogen) atoms. The normalized spacial score (nSPS) is 19.4. The van der Waals surface area contributed by atoms with Crippen LogP contribution in [-0.2, 0) is 23.7 Å². The van der Waals surface area contributed by atoms with Gasteiger partial charge in [-0.1, -0.05) is 122 Å². The second kappa shape index (κ2) is 79.5. The Morgan fingerprint density at radius 3 is 1.23 bits per heavy atom. The highest BCUT2D eigenvalue weighted by Gasteiger charge is 1.91. The maximum atomic E-state index is 4.83. The van der Waals surface area contributed by atoms with Gasteiger partial charge < -0.3 is 71.5 Å². The second-order valence-electron chi connectivity index (χ2n) is 19.3. The van der Waals surface area contributed by atoms with E-state index in [1.807, 2.05) is 146 Å². The van der Waals surface area contributed by atoms with Gasteiger partial charge in [0.15, 0.2) is 0 Å². The van der Waals surface area contributed by atoms with E-state index in [4.69, 9.17) is 23.7 Å². The summed E-state index contributed by atoms with van der Waals surface area (Å²) >= 11 is 5.73. The summed E-state index contributed by atoms with van der Waals surface area (Å²) < 4.78 is 23.9. The molecule has 0 aromatic rings. The maximum Gasteiger partial charge on any atom is 0.106 e. The fourth-order valence-electron chi connectivity index (χ4n) is 6.76. The van der Waals surface area contributed by atoms with E-state index in [1.54, 1.807) is 37.5 Å². The van der Waals surface area contributed by atoms with Crippen molar-refractivity contribution < 1.29 is 23.7 Å². The molecule has 0 bridgehead atoms. The Hall–Kier alpha value is -6.64. The van der Waals surface area contributed by atoms with Crippen LogP contribution >= 0.6 is 35.3 Å². The predicted molar refractivity (Wildman–Crippen MR) is 400 cm³/mol. The van der Waals surface area contributed by atoms with E-state index < -0.39 is 0 Å². The summed E-state index contributed by atoms with van der Waals surface area (Å²) in [5.41, 5.74) is 0. The van der Waals surface area contributed by atoms with Crippen molar-refractivity contribution in [2.24, 2.45) is 4.99 Å². The first-order valence-electron chi connectivity index (χ1n) is 32.4. The molecule has 0 aromatic carbocycles. The van der Waals surface area contributed by atoms with Gasteiger partial charge in [-0.3, -0.25) is 4.99 Å². The molecule has 0 atom stereocenters. The predicted octanol–water partition coefficient (Wildman–Crippen LogP) is 13.8. The number of thioether (sulfide) groups is 3. The third-order valence-corrected chi connectivity index (χ3v) is 13.9. The number of allylic oxidation sites excluding steroid dienone is 11. The lowest BCUT2D eigenvalue weighted by molar-refractivity contribution is 0.213. The Balaban J connectivity index is 0.000000486. The van der Waals surface area contributed by atoms with Gasteiger partial charge in [-0.15, -0.1) is 23.5 Å². The highest BCUT2D eigenvalue weighted by atomic mass is 32.2. The molecule has 9 N–H and O–H groups in total. The minimum atomic E-state index is 0.733. The van der Waals surface area contributed by atoms with Crippen LogP contribution in [0.2, 0.25) is 0 Å². The maximum absolute atomic E-state index is 4.83. The van der Waals surface area contributed by atoms with Gasteiger partial charge in [0.1, 0.15) is 12.9 Å². The molecule has 0 radical (unpaired) electrons. The zero-order valence-electron chi connectivity index (χ0n) is 54.5. The van der Waals surface area contributed by atoms with Crippen LogP contribution in [0.15, 0.2) is 249 Å². The molecule has 18 heteroatoms. The lowest BCUT2D eigenvalue weighted by Crippen LogP contribution is -2.17. The number of hydrogen-bond donors (Lipinski definition) is 9. The van der Waals surface area contributed by atoms with Gasteiger partial charge in [-0.2, -0.15) is 11.8 Å². The first-order chi connectivity index (χ1) is 45.5. The average Bonchev–Trinajstić information content (AvgIpc) is 4.50. The van der Waals surface area contributed by atoms with Crippen LogP contribution in [-0.4, -0.2) is 134 Å². The standard InChI is InChI=1S/C6H11N.C5H7NO.2C5H9N.3C5H7N.C5H6O.C5H8S.2C4H7N.3C4H6O.C4H6S.C3H5NS/c1-2-4-6-7-5-3-1;1-2-6-3-5-7-4-1;7*1-2-4-6-5-3-1;6*1-2-4-5-3-1;1-2-5-3-4-1/h1,3,7H,2,4-6H2;1,3-6H,2H2;2,4,6H,1,3,5H2;1-2,6H,3-5H2;2*2-6H,1H2;1-4,6H,5H2;1-4H,5H2;2,4H,1,3,5H2;1,3,5H,2,4H2;1-2,5H,3-4H2;2*1,3H,2,4H2;2*1-2H,3-4H2;1H,2-3H2. The average molecular weight is 1310 g/mol. The Bertz CT molecular complexity index is 1840. The first-order valence-corrected chi connectivity index (χ1v) is 35.8. The summed E-state index contributed by atoms with van der Waals surface area (Å²) in [5, 5.41) is 29.7. The number of aliphatic imine (C=N–C) groups is 1. The zero-order valence-corrected chi connectivity index (χ0v) is 57.0. The molecule has 0 spiro atoms. The number of nitrogens with one attached hydrogen (secondary N) is 9. The molecule has 0 fully saturated rings. The fraction of sp³-hybridized carbons (Fsp3) is 0.438. The van der Waals surface area contributed by atoms with E-state index in [0.717, 1.165) is 129 Å². The van der Waals surface area contributed by atoms with Crippen molar-refractivity contribution in [2.75, 3.05) is 127 Å². The van der Waals surface area contributed by atoms with Crippen LogP contribution in [0.1, 0.15) is 77.0 Å². The molecule has 0 aromatic heterocycles. The molecule has 0 amide bonds. The summed E-state index contributed by atoms with van der Waals surface area (Å²) in [4.78, 5) is 3.92. The van der Waals surface area contributed by atoms with E-state index in [0.29, 0.717) is 0 Å². The topological polar surface area (TPSA) is 167 Å². The Labute approximate surface area is 563 Å². The molecule has 0 unspecified atom stereocenters. The van der Waals surface area contributed by atoms with Crippen LogP contribution < -0.4 is 47.9 Å². The van der Waals surface area contributed by atoms with Crippen molar-refractivity contribution in [1.82, 2.24) is 47.9 Å². The smallest absolute Gasteiger partial charge is 0.106 e. The molecule has 16 aliphatic rings. The van der Waals surface area contributed by atoms with E-state index in [-0.39, 0.29) is 0 Å².